The number of nitrogens with zero attached hydrogens (tertiary/aromatic N) is 7. The maximum absolute atomic E-state index is 13.0. The molecule has 33 heavy (non-hydrogen) atoms. The largest absolute Gasteiger partial charge is 0.373 e. The SMILES string of the molecule is CCCOCc1noc(N2CCC(N(C)C(=O)c3cnc(N4CCC(NC)C4)nc3)CC2)n1. The molecule has 2 fully saturated rings. The summed E-state index contributed by atoms with van der Waals surface area (Å²) in [5.74, 6) is 1.19. The van der Waals surface area contributed by atoms with Gasteiger partial charge in [-0.15, -0.1) is 0 Å². The predicted octanol–water partition coefficient (Wildman–Crippen LogP) is 1.33. The topological polar surface area (TPSA) is 113 Å². The van der Waals surface area contributed by atoms with Crippen LogP contribution in [-0.4, -0.2) is 89.9 Å². The molecule has 1 N–H and O–H groups in total. The van der Waals surface area contributed by atoms with Crippen LogP contribution in [0.4, 0.5) is 12.0 Å². The van der Waals surface area contributed by atoms with Crippen molar-refractivity contribution in [2.24, 2.45) is 0 Å². The number of piperidine rings is 1. The number of hydrogen-bond acceptors (Lipinski definition) is 10. The molecule has 2 aromatic rings. The van der Waals surface area contributed by atoms with Crippen molar-refractivity contribution >= 4 is 17.9 Å². The summed E-state index contributed by atoms with van der Waals surface area (Å²) >= 11 is 0. The molecule has 1 unspecified atom stereocenters. The van der Waals surface area contributed by atoms with Gasteiger partial charge >= 0.3 is 6.01 Å². The van der Waals surface area contributed by atoms with Crippen molar-refractivity contribution in [1.29, 1.82) is 0 Å². The molecular weight excluding hydrogens is 424 g/mol. The normalized spacial score (nSPS) is 19.3. The minimum atomic E-state index is -0.0531. The number of ether oxygens (including phenoxy) is 1. The van der Waals surface area contributed by atoms with Gasteiger partial charge in [-0.3, -0.25) is 4.79 Å². The van der Waals surface area contributed by atoms with Crippen molar-refractivity contribution in [3.63, 3.8) is 0 Å². The quantitative estimate of drug-likeness (QED) is 0.552. The van der Waals surface area contributed by atoms with Crippen LogP contribution in [0.1, 0.15) is 48.8 Å². The van der Waals surface area contributed by atoms with Crippen molar-refractivity contribution in [3.8, 4) is 0 Å². The van der Waals surface area contributed by atoms with Crippen LogP contribution in [0, 0.1) is 0 Å². The molecule has 1 amide bonds. The number of amides is 1. The van der Waals surface area contributed by atoms with Gasteiger partial charge in [-0.2, -0.15) is 4.98 Å². The predicted molar refractivity (Wildman–Crippen MR) is 123 cm³/mol. The Bertz CT molecular complexity index is 897. The number of rotatable bonds is 9. The van der Waals surface area contributed by atoms with Gasteiger partial charge in [0.15, 0.2) is 5.82 Å². The molecule has 0 spiro atoms. The average molecular weight is 459 g/mol. The van der Waals surface area contributed by atoms with Crippen molar-refractivity contribution < 1.29 is 14.1 Å². The minimum Gasteiger partial charge on any atom is -0.373 e. The molecule has 180 valence electrons. The van der Waals surface area contributed by atoms with Crippen molar-refractivity contribution in [2.45, 2.75) is 51.3 Å². The molecule has 11 nitrogen and oxygen atoms in total. The van der Waals surface area contributed by atoms with Gasteiger partial charge in [0, 0.05) is 64.3 Å². The second kappa shape index (κ2) is 10.9. The lowest BCUT2D eigenvalue weighted by Gasteiger charge is -2.35. The number of carbonyl (C=O) groups is 1. The zero-order valence-electron chi connectivity index (χ0n) is 19.7. The highest BCUT2D eigenvalue weighted by atomic mass is 16.5. The van der Waals surface area contributed by atoms with Gasteiger partial charge in [-0.1, -0.05) is 12.1 Å². The molecule has 4 heterocycles. The first-order chi connectivity index (χ1) is 16.1. The molecule has 2 aliphatic heterocycles. The lowest BCUT2D eigenvalue weighted by Crippen LogP contribution is -2.45. The van der Waals surface area contributed by atoms with E-state index in [0.717, 1.165) is 51.9 Å². The summed E-state index contributed by atoms with van der Waals surface area (Å²) in [7, 11) is 3.82. The smallest absolute Gasteiger partial charge is 0.324 e. The van der Waals surface area contributed by atoms with E-state index in [1.54, 1.807) is 17.3 Å². The first kappa shape index (κ1) is 23.4. The standard InChI is InChI=1S/C22H34N8O3/c1-4-11-32-15-19-26-22(33-27-19)29-9-6-18(7-10-29)28(3)20(31)16-12-24-21(25-13-16)30-8-5-17(14-30)23-2/h12-13,17-18,23H,4-11,14-15H2,1-3H3. The summed E-state index contributed by atoms with van der Waals surface area (Å²) in [6.07, 6.45) is 6.96. The van der Waals surface area contributed by atoms with Gasteiger partial charge in [-0.05, 0) is 32.7 Å². The summed E-state index contributed by atoms with van der Waals surface area (Å²) in [4.78, 5) is 32.4. The molecule has 0 radical (unpaired) electrons. The Labute approximate surface area is 194 Å². The van der Waals surface area contributed by atoms with E-state index >= 15 is 0 Å². The highest BCUT2D eigenvalue weighted by molar-refractivity contribution is 5.93. The van der Waals surface area contributed by atoms with E-state index in [1.165, 1.54) is 0 Å². The molecule has 11 heteroatoms. The monoisotopic (exact) mass is 458 g/mol. The van der Waals surface area contributed by atoms with E-state index < -0.39 is 0 Å². The van der Waals surface area contributed by atoms with E-state index in [4.69, 9.17) is 9.26 Å². The molecule has 2 saturated heterocycles. The molecule has 4 rings (SSSR count). The van der Waals surface area contributed by atoms with Crippen LogP contribution in [0.15, 0.2) is 16.9 Å². The fourth-order valence-electron chi connectivity index (χ4n) is 4.33. The van der Waals surface area contributed by atoms with Crippen LogP contribution < -0.4 is 15.1 Å². The molecular formula is C22H34N8O3. The fourth-order valence-corrected chi connectivity index (χ4v) is 4.33. The first-order valence-corrected chi connectivity index (χ1v) is 11.8. The number of nitrogens with one attached hydrogen (secondary N) is 1. The average Bonchev–Trinajstić information content (AvgIpc) is 3.54. The number of hydrogen-bond donors (Lipinski definition) is 1. The van der Waals surface area contributed by atoms with E-state index in [1.807, 2.05) is 14.1 Å². The lowest BCUT2D eigenvalue weighted by molar-refractivity contribution is 0.0707. The zero-order valence-corrected chi connectivity index (χ0v) is 19.7. The van der Waals surface area contributed by atoms with E-state index in [9.17, 15) is 4.79 Å². The van der Waals surface area contributed by atoms with Crippen LogP contribution >= 0.6 is 0 Å². The van der Waals surface area contributed by atoms with E-state index in [2.05, 4.69) is 42.1 Å². The first-order valence-electron chi connectivity index (χ1n) is 11.8. The second-order valence-electron chi connectivity index (χ2n) is 8.67. The Hall–Kier alpha value is -2.79. The number of likely N-dealkylation sites (N-methyl/N-ethyl adjacent to an activating group) is 1. The van der Waals surface area contributed by atoms with Crippen molar-refractivity contribution in [1.82, 2.24) is 30.3 Å². The third-order valence-electron chi connectivity index (χ3n) is 6.40. The summed E-state index contributed by atoms with van der Waals surface area (Å²) in [5, 5.41) is 7.28. The molecule has 0 saturated carbocycles. The van der Waals surface area contributed by atoms with Gasteiger partial charge in [0.2, 0.25) is 5.95 Å². The third kappa shape index (κ3) is 5.59. The van der Waals surface area contributed by atoms with E-state index in [0.29, 0.717) is 42.6 Å². The Morgan fingerprint density at radius 1 is 1.21 bits per heavy atom. The van der Waals surface area contributed by atoms with Crippen LogP contribution in [-0.2, 0) is 11.3 Å². The van der Waals surface area contributed by atoms with Gasteiger partial charge in [0.05, 0.1) is 5.56 Å². The summed E-state index contributed by atoms with van der Waals surface area (Å²) < 4.78 is 10.9. The van der Waals surface area contributed by atoms with Crippen LogP contribution in [0.5, 0.6) is 0 Å². The van der Waals surface area contributed by atoms with Crippen LogP contribution in [0.25, 0.3) is 0 Å². The second-order valence-corrected chi connectivity index (χ2v) is 8.67. The number of carbonyl (C=O) groups excluding carboxylic acids is 1. The summed E-state index contributed by atoms with van der Waals surface area (Å²) in [5.41, 5.74) is 0.515. The molecule has 0 bridgehead atoms. The van der Waals surface area contributed by atoms with Crippen LogP contribution in [0.2, 0.25) is 0 Å². The fraction of sp³-hybridized carbons (Fsp3) is 0.682. The minimum absolute atomic E-state index is 0.0531. The number of aromatic nitrogens is 4. The molecule has 2 aromatic heterocycles. The highest BCUT2D eigenvalue weighted by Crippen LogP contribution is 2.22. The van der Waals surface area contributed by atoms with Gasteiger partial charge in [0.1, 0.15) is 6.61 Å². The Balaban J connectivity index is 1.28. The Morgan fingerprint density at radius 2 is 1.94 bits per heavy atom. The Morgan fingerprint density at radius 3 is 2.61 bits per heavy atom. The maximum atomic E-state index is 13.0. The van der Waals surface area contributed by atoms with E-state index in [-0.39, 0.29) is 11.9 Å². The lowest BCUT2D eigenvalue weighted by atomic mass is 10.0. The molecule has 0 aliphatic carbocycles. The van der Waals surface area contributed by atoms with Gasteiger partial charge < -0.3 is 29.3 Å². The molecule has 1 atom stereocenters. The summed E-state index contributed by atoms with van der Waals surface area (Å²) in [6, 6.07) is 1.11. The van der Waals surface area contributed by atoms with Crippen molar-refractivity contribution in [2.75, 3.05) is 56.7 Å². The number of anilines is 2. The van der Waals surface area contributed by atoms with Crippen molar-refractivity contribution in [3.05, 3.63) is 23.8 Å². The highest BCUT2D eigenvalue weighted by Gasteiger charge is 2.29. The zero-order chi connectivity index (χ0) is 23.2. The summed E-state index contributed by atoms with van der Waals surface area (Å²) in [6.45, 7) is 6.40. The Kier molecular flexibility index (Phi) is 7.71. The van der Waals surface area contributed by atoms with Gasteiger partial charge in [-0.25, -0.2) is 9.97 Å². The van der Waals surface area contributed by atoms with Crippen LogP contribution in [0.3, 0.4) is 0 Å². The third-order valence-corrected chi connectivity index (χ3v) is 6.40. The molecule has 2 aliphatic rings. The molecule has 0 aromatic carbocycles. The van der Waals surface area contributed by atoms with Gasteiger partial charge in [0.25, 0.3) is 5.91 Å². The maximum Gasteiger partial charge on any atom is 0.324 e.